The van der Waals surface area contributed by atoms with E-state index in [0.717, 1.165) is 12.3 Å². The standard InChI is InChI=1S/C22H17F7N4O3/c23-15-6-5-12(7-16(15)36-22(27,28)29)32-19(34)17-13-3-1-2-4-14(13)20(35)33(10-21(24,25)26)18(17)11(8-30)9-31/h1-9,17-18,30H,10,31H2,(H,32,34)/b11-9+,30-8?/t17-,18+/m1/s1. The van der Waals surface area contributed by atoms with Gasteiger partial charge in [0, 0.05) is 35.3 Å². The summed E-state index contributed by atoms with van der Waals surface area (Å²) in [6, 6.07) is 5.67. The summed E-state index contributed by atoms with van der Waals surface area (Å²) in [6.07, 6.45) is -8.76. The molecule has 2 atom stereocenters. The largest absolute Gasteiger partial charge is 0.573 e. The van der Waals surface area contributed by atoms with E-state index in [1.165, 1.54) is 24.3 Å². The highest BCUT2D eigenvalue weighted by Gasteiger charge is 2.48. The number of hydrogen-bond acceptors (Lipinski definition) is 5. The van der Waals surface area contributed by atoms with Gasteiger partial charge in [0.25, 0.3) is 5.91 Å². The van der Waals surface area contributed by atoms with Gasteiger partial charge in [0.05, 0.1) is 12.0 Å². The van der Waals surface area contributed by atoms with Crippen molar-refractivity contribution in [1.82, 2.24) is 4.90 Å². The van der Waals surface area contributed by atoms with Crippen LogP contribution in [0.15, 0.2) is 54.2 Å². The first-order valence-electron chi connectivity index (χ1n) is 10.0. The van der Waals surface area contributed by atoms with E-state index in [9.17, 15) is 40.3 Å². The molecule has 0 fully saturated rings. The summed E-state index contributed by atoms with van der Waals surface area (Å²) in [5.41, 5.74) is 4.59. The molecule has 1 aliphatic heterocycles. The lowest BCUT2D eigenvalue weighted by Gasteiger charge is -2.42. The minimum Gasteiger partial charge on any atom is -0.404 e. The molecule has 2 aromatic carbocycles. The number of rotatable bonds is 6. The van der Waals surface area contributed by atoms with Crippen LogP contribution >= 0.6 is 0 Å². The van der Waals surface area contributed by atoms with Crippen molar-refractivity contribution in [2.45, 2.75) is 24.5 Å². The third-order valence-corrected chi connectivity index (χ3v) is 5.20. The van der Waals surface area contributed by atoms with Crippen molar-refractivity contribution in [3.8, 4) is 5.75 Å². The van der Waals surface area contributed by atoms with Crippen molar-refractivity contribution in [1.29, 1.82) is 5.41 Å². The zero-order valence-electron chi connectivity index (χ0n) is 18.0. The zero-order chi connectivity index (χ0) is 26.8. The molecule has 0 saturated heterocycles. The molecule has 192 valence electrons. The molecule has 0 radical (unpaired) electrons. The summed E-state index contributed by atoms with van der Waals surface area (Å²) in [5.74, 6) is -6.34. The van der Waals surface area contributed by atoms with Crippen LogP contribution < -0.4 is 15.8 Å². The molecule has 0 spiro atoms. The van der Waals surface area contributed by atoms with Gasteiger partial charge in [0.15, 0.2) is 11.6 Å². The van der Waals surface area contributed by atoms with Gasteiger partial charge in [-0.3, -0.25) is 9.59 Å². The maximum Gasteiger partial charge on any atom is 0.573 e. The van der Waals surface area contributed by atoms with Crippen LogP contribution in [0.4, 0.5) is 36.4 Å². The molecule has 1 heterocycles. The summed E-state index contributed by atoms with van der Waals surface area (Å²) in [4.78, 5) is 26.7. The monoisotopic (exact) mass is 518 g/mol. The van der Waals surface area contributed by atoms with E-state index >= 15 is 0 Å². The van der Waals surface area contributed by atoms with Gasteiger partial charge in [0.1, 0.15) is 6.54 Å². The van der Waals surface area contributed by atoms with Crippen LogP contribution in [0, 0.1) is 11.2 Å². The number of hydrogen-bond donors (Lipinski definition) is 3. The fourth-order valence-electron chi connectivity index (χ4n) is 3.85. The number of carbonyl (C=O) groups is 2. The van der Waals surface area contributed by atoms with Gasteiger partial charge in [-0.25, -0.2) is 4.39 Å². The van der Waals surface area contributed by atoms with Gasteiger partial charge >= 0.3 is 12.5 Å². The van der Waals surface area contributed by atoms with Crippen molar-refractivity contribution < 1.29 is 45.1 Å². The first kappa shape index (κ1) is 26.5. The van der Waals surface area contributed by atoms with Crippen LogP contribution in [0.3, 0.4) is 0 Å². The maximum atomic E-state index is 13.8. The van der Waals surface area contributed by atoms with Gasteiger partial charge in [-0.05, 0) is 23.8 Å². The molecule has 2 aromatic rings. The molecule has 2 amide bonds. The summed E-state index contributed by atoms with van der Waals surface area (Å²) >= 11 is 0. The Morgan fingerprint density at radius 2 is 1.81 bits per heavy atom. The Bertz CT molecular complexity index is 1210. The second-order valence-corrected chi connectivity index (χ2v) is 7.55. The fourth-order valence-corrected chi connectivity index (χ4v) is 3.85. The van der Waals surface area contributed by atoms with Crippen molar-refractivity contribution >= 4 is 23.7 Å². The second kappa shape index (κ2) is 9.87. The van der Waals surface area contributed by atoms with E-state index in [1.807, 2.05) is 0 Å². The molecule has 3 rings (SSSR count). The molecule has 36 heavy (non-hydrogen) atoms. The molecule has 0 saturated carbocycles. The van der Waals surface area contributed by atoms with Crippen LogP contribution in [0.5, 0.6) is 5.75 Å². The number of halogens is 7. The molecule has 0 aromatic heterocycles. The average Bonchev–Trinajstić information content (AvgIpc) is 2.77. The number of benzene rings is 2. The van der Waals surface area contributed by atoms with Gasteiger partial charge in [-0.15, -0.1) is 13.2 Å². The second-order valence-electron chi connectivity index (χ2n) is 7.55. The molecule has 7 nitrogen and oxygen atoms in total. The molecule has 4 N–H and O–H groups in total. The normalized spacial score (nSPS) is 18.5. The Hall–Kier alpha value is -4.10. The Morgan fingerprint density at radius 3 is 2.39 bits per heavy atom. The number of alkyl halides is 6. The highest BCUT2D eigenvalue weighted by atomic mass is 19.4. The van der Waals surface area contributed by atoms with Crippen molar-refractivity contribution in [3.63, 3.8) is 0 Å². The van der Waals surface area contributed by atoms with Crippen molar-refractivity contribution in [2.75, 3.05) is 11.9 Å². The Morgan fingerprint density at radius 1 is 1.14 bits per heavy atom. The Kier molecular flexibility index (Phi) is 7.27. The molecule has 1 aliphatic rings. The van der Waals surface area contributed by atoms with Gasteiger partial charge in [-0.1, -0.05) is 18.2 Å². The summed E-state index contributed by atoms with van der Waals surface area (Å²) in [6.45, 7) is -1.78. The topological polar surface area (TPSA) is 109 Å². The highest BCUT2D eigenvalue weighted by molar-refractivity contribution is 6.06. The van der Waals surface area contributed by atoms with E-state index < -0.39 is 54.4 Å². The maximum absolute atomic E-state index is 13.8. The number of nitrogens with zero attached hydrogens (tertiary/aromatic N) is 1. The van der Waals surface area contributed by atoms with E-state index in [1.54, 1.807) is 0 Å². The quantitative estimate of drug-likeness (QED) is 0.391. The van der Waals surface area contributed by atoms with E-state index in [0.29, 0.717) is 23.2 Å². The molecule has 0 bridgehead atoms. The van der Waals surface area contributed by atoms with Crippen LogP contribution in [0.25, 0.3) is 0 Å². The predicted octanol–water partition coefficient (Wildman–Crippen LogP) is 4.33. The number of carbonyl (C=O) groups excluding carboxylic acids is 2. The lowest BCUT2D eigenvalue weighted by Crippen LogP contribution is -2.55. The van der Waals surface area contributed by atoms with Crippen LogP contribution in [-0.4, -0.2) is 48.1 Å². The predicted molar refractivity (Wildman–Crippen MR) is 113 cm³/mol. The van der Waals surface area contributed by atoms with Crippen LogP contribution in [0.1, 0.15) is 21.8 Å². The van der Waals surface area contributed by atoms with Gasteiger partial charge in [0.2, 0.25) is 5.91 Å². The number of anilines is 1. The van der Waals surface area contributed by atoms with Gasteiger partial charge in [-0.2, -0.15) is 13.2 Å². The van der Waals surface area contributed by atoms with Crippen LogP contribution in [-0.2, 0) is 4.79 Å². The smallest absolute Gasteiger partial charge is 0.404 e. The molecule has 0 unspecified atom stereocenters. The minimum absolute atomic E-state index is 0.00139. The lowest BCUT2D eigenvalue weighted by molar-refractivity contribution is -0.275. The molecule has 0 aliphatic carbocycles. The lowest BCUT2D eigenvalue weighted by atomic mass is 9.79. The number of ether oxygens (including phenoxy) is 1. The molecular weight excluding hydrogens is 501 g/mol. The number of nitrogens with two attached hydrogens (primary N) is 1. The zero-order valence-corrected chi connectivity index (χ0v) is 18.0. The molecular formula is C22H17F7N4O3. The third-order valence-electron chi connectivity index (χ3n) is 5.20. The summed E-state index contributed by atoms with van der Waals surface area (Å²) in [5, 5.41) is 9.79. The number of fused-ring (bicyclic) bond motifs is 1. The minimum atomic E-state index is -5.24. The van der Waals surface area contributed by atoms with E-state index in [4.69, 9.17) is 11.1 Å². The average molecular weight is 518 g/mol. The SMILES string of the molecule is N=C/C(=C\N)[C@H]1[C@H](C(=O)Nc2ccc(F)c(OC(F)(F)F)c2)c2ccccc2C(=O)N1CC(F)(F)F. The molecule has 14 heteroatoms. The Balaban J connectivity index is 2.10. The first-order valence-corrected chi connectivity index (χ1v) is 10.0. The third kappa shape index (κ3) is 5.75. The number of amides is 2. The number of nitrogens with one attached hydrogen (secondary N) is 2. The summed E-state index contributed by atoms with van der Waals surface area (Å²) in [7, 11) is 0. The fraction of sp³-hybridized carbons (Fsp3) is 0.227. The van der Waals surface area contributed by atoms with Crippen LogP contribution in [0.2, 0.25) is 0 Å². The van der Waals surface area contributed by atoms with Crippen molar-refractivity contribution in [3.05, 3.63) is 71.2 Å². The van der Waals surface area contributed by atoms with Crippen molar-refractivity contribution in [2.24, 2.45) is 5.73 Å². The van der Waals surface area contributed by atoms with E-state index in [-0.39, 0.29) is 22.4 Å². The first-order chi connectivity index (χ1) is 16.8. The summed E-state index contributed by atoms with van der Waals surface area (Å²) < 4.78 is 95.2. The van der Waals surface area contributed by atoms with E-state index in [2.05, 4.69) is 10.1 Å². The highest BCUT2D eigenvalue weighted by Crippen LogP contribution is 2.39. The van der Waals surface area contributed by atoms with Gasteiger partial charge < -0.3 is 26.1 Å². The Labute approximate surface area is 198 Å².